The van der Waals surface area contributed by atoms with Crippen molar-refractivity contribution in [3.63, 3.8) is 0 Å². The van der Waals surface area contributed by atoms with Gasteiger partial charge in [0.05, 0.1) is 0 Å². The normalized spacial score (nSPS) is 14.1. The summed E-state index contributed by atoms with van der Waals surface area (Å²) >= 11 is 0. The standard InChI is InChI=1S/C22H35N3O5/c1-14(2)10-11-23-20(28)17(12-15(3)4)25-22(30)19(27)18(26)21(29)24-13-16-8-6-5-7-9-16/h5-9,14-15,17-19,26-27H,10-13H2,1-4H3,(H,23,28)(H,24,29)(H,25,30)/t17-,18-,19-/m0/s1. The molecule has 1 rings (SSSR count). The number of carbonyl (C=O) groups is 3. The molecule has 0 aliphatic heterocycles. The Labute approximate surface area is 178 Å². The number of rotatable bonds is 12. The summed E-state index contributed by atoms with van der Waals surface area (Å²) in [5.41, 5.74) is 0.812. The third-order valence-corrected chi connectivity index (χ3v) is 4.51. The Bertz CT molecular complexity index is 679. The minimum Gasteiger partial charge on any atom is -0.380 e. The second-order valence-corrected chi connectivity index (χ2v) is 8.26. The van der Waals surface area contributed by atoms with Gasteiger partial charge in [-0.3, -0.25) is 14.4 Å². The number of benzene rings is 1. The zero-order valence-corrected chi connectivity index (χ0v) is 18.2. The van der Waals surface area contributed by atoms with Crippen LogP contribution in [-0.4, -0.2) is 52.7 Å². The van der Waals surface area contributed by atoms with Gasteiger partial charge in [-0.05, 0) is 30.2 Å². The Hall–Kier alpha value is -2.45. The third kappa shape index (κ3) is 9.37. The Morgan fingerprint density at radius 1 is 0.833 bits per heavy atom. The fraction of sp³-hybridized carbons (Fsp3) is 0.591. The predicted octanol–water partition coefficient (Wildman–Crippen LogP) is 0.718. The molecule has 30 heavy (non-hydrogen) atoms. The molecule has 0 saturated heterocycles. The van der Waals surface area contributed by atoms with Gasteiger partial charge in [0.1, 0.15) is 6.04 Å². The lowest BCUT2D eigenvalue weighted by Crippen LogP contribution is -2.55. The summed E-state index contributed by atoms with van der Waals surface area (Å²) in [4.78, 5) is 36.9. The van der Waals surface area contributed by atoms with E-state index in [1.807, 2.05) is 33.8 Å². The highest BCUT2D eigenvalue weighted by Crippen LogP contribution is 2.07. The molecule has 3 amide bonds. The first-order valence-electron chi connectivity index (χ1n) is 10.4. The Balaban J connectivity index is 2.62. The second-order valence-electron chi connectivity index (χ2n) is 8.26. The number of aliphatic hydroxyl groups is 2. The van der Waals surface area contributed by atoms with Gasteiger partial charge in [0.25, 0.3) is 11.8 Å². The van der Waals surface area contributed by atoms with Crippen molar-refractivity contribution in [3.8, 4) is 0 Å². The van der Waals surface area contributed by atoms with Crippen LogP contribution >= 0.6 is 0 Å². The fourth-order valence-corrected chi connectivity index (χ4v) is 2.74. The minimum atomic E-state index is -1.99. The molecule has 0 fully saturated rings. The van der Waals surface area contributed by atoms with Gasteiger partial charge >= 0.3 is 0 Å². The highest BCUT2D eigenvalue weighted by Gasteiger charge is 2.32. The molecule has 0 aromatic heterocycles. The zero-order valence-electron chi connectivity index (χ0n) is 18.2. The van der Waals surface area contributed by atoms with Gasteiger partial charge in [-0.25, -0.2) is 0 Å². The molecular formula is C22H35N3O5. The van der Waals surface area contributed by atoms with Gasteiger partial charge in [-0.2, -0.15) is 0 Å². The first-order valence-corrected chi connectivity index (χ1v) is 10.4. The molecule has 0 radical (unpaired) electrons. The summed E-state index contributed by atoms with van der Waals surface area (Å²) in [6, 6.07) is 8.18. The van der Waals surface area contributed by atoms with Crippen molar-refractivity contribution >= 4 is 17.7 Å². The van der Waals surface area contributed by atoms with Crippen molar-refractivity contribution in [3.05, 3.63) is 35.9 Å². The van der Waals surface area contributed by atoms with Gasteiger partial charge in [0, 0.05) is 13.1 Å². The highest BCUT2D eigenvalue weighted by atomic mass is 16.3. The molecule has 1 aromatic rings. The molecule has 0 aliphatic carbocycles. The first kappa shape index (κ1) is 25.6. The minimum absolute atomic E-state index is 0.113. The number of aliphatic hydroxyl groups excluding tert-OH is 2. The van der Waals surface area contributed by atoms with Crippen molar-refractivity contribution in [2.45, 2.75) is 65.3 Å². The number of amides is 3. The van der Waals surface area contributed by atoms with Crippen molar-refractivity contribution in [1.82, 2.24) is 16.0 Å². The largest absolute Gasteiger partial charge is 0.380 e. The fourth-order valence-electron chi connectivity index (χ4n) is 2.74. The van der Waals surface area contributed by atoms with Crippen LogP contribution in [0.3, 0.4) is 0 Å². The van der Waals surface area contributed by atoms with Crippen LogP contribution in [0.5, 0.6) is 0 Å². The Kier molecular flexibility index (Phi) is 11.1. The molecule has 0 heterocycles. The van der Waals surface area contributed by atoms with Crippen LogP contribution in [0.25, 0.3) is 0 Å². The second kappa shape index (κ2) is 13.0. The molecule has 168 valence electrons. The predicted molar refractivity (Wildman–Crippen MR) is 114 cm³/mol. The van der Waals surface area contributed by atoms with Crippen LogP contribution < -0.4 is 16.0 Å². The average molecular weight is 422 g/mol. The van der Waals surface area contributed by atoms with E-state index < -0.39 is 30.1 Å². The molecule has 8 heteroatoms. The van der Waals surface area contributed by atoms with E-state index >= 15 is 0 Å². The summed E-state index contributed by atoms with van der Waals surface area (Å²) in [6.45, 7) is 8.53. The molecule has 0 bridgehead atoms. The lowest BCUT2D eigenvalue weighted by Gasteiger charge is -2.23. The number of hydrogen-bond acceptors (Lipinski definition) is 5. The van der Waals surface area contributed by atoms with Gasteiger partial charge in [0.2, 0.25) is 5.91 Å². The summed E-state index contributed by atoms with van der Waals surface area (Å²) < 4.78 is 0. The Morgan fingerprint density at radius 3 is 2.00 bits per heavy atom. The smallest absolute Gasteiger partial charge is 0.252 e. The molecule has 0 saturated carbocycles. The van der Waals surface area contributed by atoms with E-state index in [1.165, 1.54) is 0 Å². The molecular weight excluding hydrogens is 386 g/mol. The highest BCUT2D eigenvalue weighted by molar-refractivity contribution is 5.93. The van der Waals surface area contributed by atoms with E-state index in [-0.39, 0.29) is 18.4 Å². The van der Waals surface area contributed by atoms with E-state index in [2.05, 4.69) is 16.0 Å². The number of hydrogen-bond donors (Lipinski definition) is 5. The van der Waals surface area contributed by atoms with E-state index in [0.717, 1.165) is 12.0 Å². The third-order valence-electron chi connectivity index (χ3n) is 4.51. The van der Waals surface area contributed by atoms with Crippen LogP contribution in [0.1, 0.15) is 46.1 Å². The first-order chi connectivity index (χ1) is 14.1. The van der Waals surface area contributed by atoms with Crippen molar-refractivity contribution in [1.29, 1.82) is 0 Å². The Morgan fingerprint density at radius 2 is 1.43 bits per heavy atom. The van der Waals surface area contributed by atoms with Gasteiger partial charge in [0.15, 0.2) is 12.2 Å². The number of nitrogens with one attached hydrogen (secondary N) is 3. The average Bonchev–Trinajstić information content (AvgIpc) is 2.70. The maximum absolute atomic E-state index is 12.4. The maximum atomic E-state index is 12.4. The molecule has 0 aliphatic rings. The van der Waals surface area contributed by atoms with E-state index in [1.54, 1.807) is 24.3 Å². The monoisotopic (exact) mass is 421 g/mol. The maximum Gasteiger partial charge on any atom is 0.252 e. The molecule has 0 unspecified atom stereocenters. The molecule has 3 atom stereocenters. The molecule has 1 aromatic carbocycles. The number of carbonyl (C=O) groups excluding carboxylic acids is 3. The van der Waals surface area contributed by atoms with Crippen molar-refractivity contribution in [2.24, 2.45) is 11.8 Å². The van der Waals surface area contributed by atoms with Gasteiger partial charge in [-0.15, -0.1) is 0 Å². The zero-order chi connectivity index (χ0) is 22.7. The van der Waals surface area contributed by atoms with Crippen LogP contribution in [0, 0.1) is 11.8 Å². The summed E-state index contributed by atoms with van der Waals surface area (Å²) in [5.74, 6) is -1.66. The van der Waals surface area contributed by atoms with Crippen LogP contribution in [0.15, 0.2) is 30.3 Å². The summed E-state index contributed by atoms with van der Waals surface area (Å²) in [5, 5.41) is 27.9. The lowest BCUT2D eigenvalue weighted by molar-refractivity contribution is -0.147. The topological polar surface area (TPSA) is 128 Å². The van der Waals surface area contributed by atoms with Crippen LogP contribution in [0.2, 0.25) is 0 Å². The van der Waals surface area contributed by atoms with E-state index in [9.17, 15) is 24.6 Å². The molecule has 0 spiro atoms. The lowest BCUT2D eigenvalue weighted by atomic mass is 10.0. The van der Waals surface area contributed by atoms with Gasteiger partial charge < -0.3 is 26.2 Å². The van der Waals surface area contributed by atoms with Crippen LogP contribution in [0.4, 0.5) is 0 Å². The van der Waals surface area contributed by atoms with Crippen molar-refractivity contribution < 1.29 is 24.6 Å². The summed E-state index contributed by atoms with van der Waals surface area (Å²) in [6.07, 6.45) is -2.77. The summed E-state index contributed by atoms with van der Waals surface area (Å²) in [7, 11) is 0. The van der Waals surface area contributed by atoms with Crippen molar-refractivity contribution in [2.75, 3.05) is 6.54 Å². The van der Waals surface area contributed by atoms with Gasteiger partial charge in [-0.1, -0.05) is 58.0 Å². The SMILES string of the molecule is CC(C)CCNC(=O)[C@H](CC(C)C)NC(=O)[C@@H](O)[C@H](O)C(=O)NCc1ccccc1. The van der Waals surface area contributed by atoms with E-state index in [4.69, 9.17) is 0 Å². The van der Waals surface area contributed by atoms with Crippen LogP contribution in [-0.2, 0) is 20.9 Å². The van der Waals surface area contributed by atoms with E-state index in [0.29, 0.717) is 18.9 Å². The molecule has 8 nitrogen and oxygen atoms in total. The quantitative estimate of drug-likeness (QED) is 0.340. The molecule has 5 N–H and O–H groups in total.